The minimum Gasteiger partial charge on any atom is -0.312 e. The van der Waals surface area contributed by atoms with Gasteiger partial charge in [-0.25, -0.2) is 0 Å². The van der Waals surface area contributed by atoms with Crippen LogP contribution in [-0.2, 0) is 6.42 Å². The van der Waals surface area contributed by atoms with E-state index in [1.54, 1.807) is 0 Å². The predicted octanol–water partition coefficient (Wildman–Crippen LogP) is 5.17. The zero-order valence-electron chi connectivity index (χ0n) is 12.5. The lowest BCUT2D eigenvalue weighted by atomic mass is 9.85. The van der Waals surface area contributed by atoms with Crippen LogP contribution in [0.5, 0.6) is 0 Å². The van der Waals surface area contributed by atoms with Gasteiger partial charge in [0.2, 0.25) is 0 Å². The Kier molecular flexibility index (Phi) is 5.45. The van der Waals surface area contributed by atoms with Crippen LogP contribution in [0.15, 0.2) is 9.85 Å². The highest BCUT2D eigenvalue weighted by Gasteiger charge is 2.21. The van der Waals surface area contributed by atoms with Crippen molar-refractivity contribution < 1.29 is 0 Å². The lowest BCUT2D eigenvalue weighted by Crippen LogP contribution is -2.42. The highest BCUT2D eigenvalue weighted by Crippen LogP contribution is 2.30. The van der Waals surface area contributed by atoms with E-state index >= 15 is 0 Å². The summed E-state index contributed by atoms with van der Waals surface area (Å²) >= 11 is 5.40. The number of aryl methyl sites for hydroxylation is 2. The summed E-state index contributed by atoms with van der Waals surface area (Å²) < 4.78 is 1.25. The molecule has 104 valence electrons. The summed E-state index contributed by atoms with van der Waals surface area (Å²) in [5, 5.41) is 3.61. The second kappa shape index (κ2) is 6.06. The summed E-state index contributed by atoms with van der Waals surface area (Å²) in [6.45, 7) is 14.7. The van der Waals surface area contributed by atoms with Gasteiger partial charge in [-0.05, 0) is 73.5 Å². The van der Waals surface area contributed by atoms with E-state index in [1.165, 1.54) is 27.1 Å². The van der Waals surface area contributed by atoms with Gasteiger partial charge in [0.25, 0.3) is 0 Å². The zero-order valence-corrected chi connectivity index (χ0v) is 14.9. The number of thiophene rings is 1. The fourth-order valence-corrected chi connectivity index (χ4v) is 3.58. The second-order valence-corrected chi connectivity index (χ2v) is 9.54. The first-order chi connectivity index (χ1) is 8.09. The summed E-state index contributed by atoms with van der Waals surface area (Å²) in [5.41, 5.74) is 2.04. The van der Waals surface area contributed by atoms with E-state index in [4.69, 9.17) is 0 Å². The van der Waals surface area contributed by atoms with Gasteiger partial charge in [-0.15, -0.1) is 11.3 Å². The van der Waals surface area contributed by atoms with Crippen LogP contribution in [0.25, 0.3) is 0 Å². The van der Waals surface area contributed by atoms with Crippen LogP contribution in [0.2, 0.25) is 0 Å². The molecule has 0 saturated carbocycles. The molecule has 1 aromatic rings. The Morgan fingerprint density at radius 2 is 1.83 bits per heavy atom. The van der Waals surface area contributed by atoms with Crippen molar-refractivity contribution in [2.75, 3.05) is 6.54 Å². The van der Waals surface area contributed by atoms with Gasteiger partial charge in [0.15, 0.2) is 0 Å². The van der Waals surface area contributed by atoms with E-state index in [1.807, 2.05) is 11.3 Å². The Labute approximate surface area is 125 Å². The van der Waals surface area contributed by atoms with Gasteiger partial charge >= 0.3 is 0 Å². The summed E-state index contributed by atoms with van der Waals surface area (Å²) in [6.07, 6.45) is 2.40. The maximum atomic E-state index is 3.61. The van der Waals surface area contributed by atoms with E-state index in [9.17, 15) is 0 Å². The average molecular weight is 332 g/mol. The molecule has 1 rings (SSSR count). The van der Waals surface area contributed by atoms with Crippen molar-refractivity contribution in [3.8, 4) is 0 Å². The molecule has 0 bridgehead atoms. The Hall–Kier alpha value is 0.140. The van der Waals surface area contributed by atoms with Gasteiger partial charge < -0.3 is 5.32 Å². The summed E-state index contributed by atoms with van der Waals surface area (Å²) in [4.78, 5) is 1.45. The Bertz CT molecular complexity index is 388. The third-order valence-electron chi connectivity index (χ3n) is 3.16. The molecule has 0 aliphatic rings. The molecule has 0 saturated heterocycles. The molecule has 1 nitrogen and oxygen atoms in total. The van der Waals surface area contributed by atoms with E-state index in [-0.39, 0.29) is 5.54 Å². The van der Waals surface area contributed by atoms with Crippen LogP contribution < -0.4 is 5.32 Å². The molecule has 0 aliphatic carbocycles. The third kappa shape index (κ3) is 5.85. The maximum Gasteiger partial charge on any atom is 0.0704 e. The van der Waals surface area contributed by atoms with Crippen molar-refractivity contribution in [3.63, 3.8) is 0 Å². The van der Waals surface area contributed by atoms with Gasteiger partial charge in [0.05, 0.1) is 3.79 Å². The van der Waals surface area contributed by atoms with E-state index in [0.717, 1.165) is 6.54 Å². The van der Waals surface area contributed by atoms with Crippen molar-refractivity contribution in [1.82, 2.24) is 5.32 Å². The van der Waals surface area contributed by atoms with E-state index in [0.29, 0.717) is 5.41 Å². The Morgan fingerprint density at radius 3 is 2.28 bits per heavy atom. The predicted molar refractivity (Wildman–Crippen MR) is 86.6 cm³/mol. The number of nitrogens with one attached hydrogen (secondary N) is 1. The summed E-state index contributed by atoms with van der Waals surface area (Å²) in [5.74, 6) is 0. The third-order valence-corrected chi connectivity index (χ3v) is 4.75. The number of hydrogen-bond donors (Lipinski definition) is 1. The zero-order chi connectivity index (χ0) is 14.0. The number of halogens is 1. The largest absolute Gasteiger partial charge is 0.312 e. The standard InChI is InChI=1S/C15H26BrNS/c1-11-12(9-13(16)18-11)7-8-15(5,6)10-17-14(2,3)4/h9,17H,7-8,10H2,1-6H3. The van der Waals surface area contributed by atoms with Crippen LogP contribution in [0, 0.1) is 12.3 Å². The number of hydrogen-bond acceptors (Lipinski definition) is 2. The Morgan fingerprint density at radius 1 is 1.22 bits per heavy atom. The molecule has 0 unspecified atom stereocenters. The Balaban J connectivity index is 2.48. The molecule has 0 atom stereocenters. The van der Waals surface area contributed by atoms with Crippen LogP contribution in [0.4, 0.5) is 0 Å². The molecular formula is C15H26BrNS. The summed E-state index contributed by atoms with van der Waals surface area (Å²) in [7, 11) is 0. The van der Waals surface area contributed by atoms with Gasteiger partial charge in [-0.1, -0.05) is 13.8 Å². The van der Waals surface area contributed by atoms with Crippen LogP contribution >= 0.6 is 27.3 Å². The number of rotatable bonds is 5. The topological polar surface area (TPSA) is 12.0 Å². The normalized spacial score (nSPS) is 13.1. The second-order valence-electron chi connectivity index (χ2n) is 6.90. The van der Waals surface area contributed by atoms with Gasteiger partial charge in [-0.3, -0.25) is 0 Å². The van der Waals surface area contributed by atoms with Gasteiger partial charge in [0, 0.05) is 17.0 Å². The molecule has 0 radical (unpaired) electrons. The van der Waals surface area contributed by atoms with Crippen molar-refractivity contribution in [3.05, 3.63) is 20.3 Å². The van der Waals surface area contributed by atoms with Crippen LogP contribution in [-0.4, -0.2) is 12.1 Å². The SMILES string of the molecule is Cc1sc(Br)cc1CCC(C)(C)CNC(C)(C)C. The first-order valence-electron chi connectivity index (χ1n) is 6.59. The molecule has 3 heteroatoms. The van der Waals surface area contributed by atoms with Gasteiger partial charge in [-0.2, -0.15) is 0 Å². The van der Waals surface area contributed by atoms with E-state index < -0.39 is 0 Å². The van der Waals surface area contributed by atoms with Gasteiger partial charge in [0.1, 0.15) is 0 Å². The summed E-state index contributed by atoms with van der Waals surface area (Å²) in [6, 6.07) is 2.27. The minimum atomic E-state index is 0.207. The molecule has 1 heterocycles. The smallest absolute Gasteiger partial charge is 0.0704 e. The highest BCUT2D eigenvalue weighted by molar-refractivity contribution is 9.11. The lowest BCUT2D eigenvalue weighted by Gasteiger charge is -2.30. The van der Waals surface area contributed by atoms with Crippen molar-refractivity contribution >= 4 is 27.3 Å². The molecule has 0 amide bonds. The van der Waals surface area contributed by atoms with Crippen LogP contribution in [0.3, 0.4) is 0 Å². The fourth-order valence-electron chi connectivity index (χ4n) is 1.79. The first-order valence-corrected chi connectivity index (χ1v) is 8.20. The average Bonchev–Trinajstić information content (AvgIpc) is 2.51. The molecule has 1 aromatic heterocycles. The fraction of sp³-hybridized carbons (Fsp3) is 0.733. The molecule has 18 heavy (non-hydrogen) atoms. The lowest BCUT2D eigenvalue weighted by molar-refractivity contribution is 0.273. The molecule has 0 fully saturated rings. The minimum absolute atomic E-state index is 0.207. The van der Waals surface area contributed by atoms with Crippen molar-refractivity contribution in [2.24, 2.45) is 5.41 Å². The molecule has 1 N–H and O–H groups in total. The monoisotopic (exact) mass is 331 g/mol. The maximum absolute atomic E-state index is 3.61. The highest BCUT2D eigenvalue weighted by atomic mass is 79.9. The first kappa shape index (κ1) is 16.2. The molecule has 0 spiro atoms. The molecule has 0 aliphatic heterocycles. The van der Waals surface area contributed by atoms with E-state index in [2.05, 4.69) is 68.9 Å². The van der Waals surface area contributed by atoms with Crippen molar-refractivity contribution in [1.29, 1.82) is 0 Å². The quantitative estimate of drug-likeness (QED) is 0.785. The molecular weight excluding hydrogens is 306 g/mol. The molecule has 0 aromatic carbocycles. The van der Waals surface area contributed by atoms with Crippen molar-refractivity contribution in [2.45, 2.75) is 59.9 Å². The van der Waals surface area contributed by atoms with Crippen LogP contribution in [0.1, 0.15) is 51.5 Å².